The first kappa shape index (κ1) is 20.9. The molecule has 0 bridgehead atoms. The third kappa shape index (κ3) is 4.70. The summed E-state index contributed by atoms with van der Waals surface area (Å²) in [6.07, 6.45) is 1.48. The number of halogens is 1. The van der Waals surface area contributed by atoms with Crippen LogP contribution in [0.2, 0.25) is 0 Å². The number of nitrogens with one attached hydrogen (secondary N) is 2. The molecule has 4 rings (SSSR count). The van der Waals surface area contributed by atoms with Crippen molar-refractivity contribution in [2.45, 2.75) is 29.5 Å². The van der Waals surface area contributed by atoms with E-state index in [1.807, 2.05) is 48.5 Å². The molecule has 2 N–H and O–H groups in total. The van der Waals surface area contributed by atoms with Crippen LogP contribution in [0.5, 0.6) is 0 Å². The van der Waals surface area contributed by atoms with E-state index in [1.54, 1.807) is 4.90 Å². The molecule has 0 aromatic heterocycles. The number of carbonyl (C=O) groups excluding carboxylic acids is 3. The number of likely N-dealkylation sites (tertiary alicyclic amines) is 1. The van der Waals surface area contributed by atoms with Crippen LogP contribution in [0, 0.1) is 5.92 Å². The Kier molecular flexibility index (Phi) is 6.43. The van der Waals surface area contributed by atoms with Gasteiger partial charge in [0.1, 0.15) is 0 Å². The maximum absolute atomic E-state index is 13.1. The Balaban J connectivity index is 1.37. The van der Waals surface area contributed by atoms with Crippen LogP contribution in [-0.2, 0) is 20.9 Å². The minimum Gasteiger partial charge on any atom is -0.352 e. The van der Waals surface area contributed by atoms with Gasteiger partial charge in [-0.1, -0.05) is 40.2 Å². The average molecular weight is 488 g/mol. The van der Waals surface area contributed by atoms with Gasteiger partial charge in [-0.2, -0.15) is 0 Å². The van der Waals surface area contributed by atoms with E-state index in [-0.39, 0.29) is 23.6 Å². The fourth-order valence-corrected chi connectivity index (χ4v) is 5.27. The van der Waals surface area contributed by atoms with Gasteiger partial charge < -0.3 is 15.5 Å². The number of nitrogens with zero attached hydrogens (tertiary/aromatic N) is 1. The van der Waals surface area contributed by atoms with Crippen molar-refractivity contribution in [1.82, 2.24) is 10.2 Å². The van der Waals surface area contributed by atoms with Crippen molar-refractivity contribution in [3.05, 3.63) is 58.6 Å². The number of para-hydroxylation sites is 1. The van der Waals surface area contributed by atoms with Crippen LogP contribution in [0.25, 0.3) is 0 Å². The lowest BCUT2D eigenvalue weighted by atomic mass is 9.96. The van der Waals surface area contributed by atoms with E-state index in [0.717, 1.165) is 33.5 Å². The zero-order valence-corrected chi connectivity index (χ0v) is 18.7. The van der Waals surface area contributed by atoms with E-state index in [4.69, 9.17) is 0 Å². The summed E-state index contributed by atoms with van der Waals surface area (Å²) < 4.78 is 0.966. The van der Waals surface area contributed by atoms with Crippen molar-refractivity contribution in [3.63, 3.8) is 0 Å². The van der Waals surface area contributed by atoms with Gasteiger partial charge in [-0.3, -0.25) is 14.4 Å². The fourth-order valence-electron chi connectivity index (χ4n) is 3.75. The molecule has 6 nitrogen and oxygen atoms in total. The highest BCUT2D eigenvalue weighted by Gasteiger charge is 2.38. The molecule has 1 saturated heterocycles. The fraction of sp³-hybridized carbons (Fsp3) is 0.318. The predicted octanol–water partition coefficient (Wildman–Crippen LogP) is 3.42. The summed E-state index contributed by atoms with van der Waals surface area (Å²) in [6.45, 7) is 1.36. The Morgan fingerprint density at radius 2 is 2.03 bits per heavy atom. The standard InChI is InChI=1S/C22H22BrN3O3S/c23-16-7-3-5-14(11-16)12-24-20(27)15-6-4-10-26(13-15)22(29)19-21(28)25-17-8-1-2-9-18(17)30-19/h1-3,5,7-9,11,15,19H,4,6,10,12-13H2,(H,24,27)(H,25,28)/t15-,19+/m1/s1. The quantitative estimate of drug-likeness (QED) is 0.647. The minimum atomic E-state index is -0.816. The van der Waals surface area contributed by atoms with E-state index in [9.17, 15) is 14.4 Å². The van der Waals surface area contributed by atoms with Gasteiger partial charge in [-0.25, -0.2) is 0 Å². The number of hydrogen-bond acceptors (Lipinski definition) is 4. The summed E-state index contributed by atoms with van der Waals surface area (Å²) in [6, 6.07) is 15.3. The maximum atomic E-state index is 13.1. The van der Waals surface area contributed by atoms with Crippen molar-refractivity contribution in [3.8, 4) is 0 Å². The molecule has 1 fully saturated rings. The number of rotatable bonds is 4. The molecule has 30 heavy (non-hydrogen) atoms. The molecule has 0 saturated carbocycles. The first-order valence-electron chi connectivity index (χ1n) is 9.89. The Morgan fingerprint density at radius 1 is 1.20 bits per heavy atom. The molecule has 2 aromatic rings. The highest BCUT2D eigenvalue weighted by Crippen LogP contribution is 2.36. The van der Waals surface area contributed by atoms with Crippen LogP contribution in [-0.4, -0.2) is 41.0 Å². The second-order valence-corrected chi connectivity index (χ2v) is 9.52. The average Bonchev–Trinajstić information content (AvgIpc) is 2.76. The molecule has 2 atom stereocenters. The van der Waals surface area contributed by atoms with Gasteiger partial charge in [0.15, 0.2) is 5.25 Å². The van der Waals surface area contributed by atoms with Gasteiger partial charge in [-0.15, -0.1) is 11.8 Å². The SMILES string of the molecule is O=C(NCc1cccc(Br)c1)[C@@H]1CCCN(C(=O)[C@H]2Sc3ccccc3NC2=O)C1. The normalized spacial score (nSPS) is 20.8. The molecule has 2 heterocycles. The van der Waals surface area contributed by atoms with Crippen LogP contribution in [0.1, 0.15) is 18.4 Å². The number of benzene rings is 2. The second kappa shape index (κ2) is 9.22. The molecule has 8 heteroatoms. The van der Waals surface area contributed by atoms with Crippen LogP contribution in [0.3, 0.4) is 0 Å². The molecule has 2 aromatic carbocycles. The predicted molar refractivity (Wildman–Crippen MR) is 120 cm³/mol. The summed E-state index contributed by atoms with van der Waals surface area (Å²) >= 11 is 4.71. The highest BCUT2D eigenvalue weighted by atomic mass is 79.9. The smallest absolute Gasteiger partial charge is 0.247 e. The monoisotopic (exact) mass is 487 g/mol. The largest absolute Gasteiger partial charge is 0.352 e. The zero-order valence-electron chi connectivity index (χ0n) is 16.3. The van der Waals surface area contributed by atoms with Gasteiger partial charge in [0, 0.05) is 29.0 Å². The van der Waals surface area contributed by atoms with Gasteiger partial charge in [-0.05, 0) is 42.7 Å². The Labute approximate surface area is 187 Å². The number of fused-ring (bicyclic) bond motifs is 1. The van der Waals surface area contributed by atoms with Crippen molar-refractivity contribution < 1.29 is 14.4 Å². The lowest BCUT2D eigenvalue weighted by Crippen LogP contribution is -2.50. The molecule has 0 spiro atoms. The van der Waals surface area contributed by atoms with Crippen molar-refractivity contribution in [1.29, 1.82) is 0 Å². The van der Waals surface area contributed by atoms with Gasteiger partial charge in [0.2, 0.25) is 17.7 Å². The molecule has 3 amide bonds. The van der Waals surface area contributed by atoms with Crippen LogP contribution in [0.15, 0.2) is 57.9 Å². The lowest BCUT2D eigenvalue weighted by Gasteiger charge is -2.35. The van der Waals surface area contributed by atoms with Crippen molar-refractivity contribution in [2.24, 2.45) is 5.92 Å². The van der Waals surface area contributed by atoms with E-state index in [1.165, 1.54) is 11.8 Å². The Morgan fingerprint density at radius 3 is 2.87 bits per heavy atom. The van der Waals surface area contributed by atoms with Gasteiger partial charge in [0.05, 0.1) is 11.6 Å². The highest BCUT2D eigenvalue weighted by molar-refractivity contribution is 9.10. The zero-order chi connectivity index (χ0) is 21.1. The summed E-state index contributed by atoms with van der Waals surface area (Å²) in [7, 11) is 0. The molecule has 0 unspecified atom stereocenters. The van der Waals surface area contributed by atoms with Crippen LogP contribution >= 0.6 is 27.7 Å². The van der Waals surface area contributed by atoms with Crippen LogP contribution < -0.4 is 10.6 Å². The molecule has 156 valence electrons. The first-order chi connectivity index (χ1) is 14.5. The summed E-state index contributed by atoms with van der Waals surface area (Å²) in [4.78, 5) is 40.8. The summed E-state index contributed by atoms with van der Waals surface area (Å²) in [5.41, 5.74) is 1.75. The molecule has 2 aliphatic rings. The summed E-state index contributed by atoms with van der Waals surface area (Å²) in [5, 5.41) is 4.97. The number of hydrogen-bond donors (Lipinski definition) is 2. The number of anilines is 1. The van der Waals surface area contributed by atoms with E-state index in [2.05, 4.69) is 26.6 Å². The third-order valence-electron chi connectivity index (χ3n) is 5.31. The molecule has 0 radical (unpaired) electrons. The number of amides is 3. The minimum absolute atomic E-state index is 0.0569. The maximum Gasteiger partial charge on any atom is 0.247 e. The number of piperidine rings is 1. The Bertz CT molecular complexity index is 984. The van der Waals surface area contributed by atoms with E-state index >= 15 is 0 Å². The summed E-state index contributed by atoms with van der Waals surface area (Å²) in [5.74, 6) is -0.848. The van der Waals surface area contributed by atoms with Crippen LogP contribution in [0.4, 0.5) is 5.69 Å². The van der Waals surface area contributed by atoms with Crippen molar-refractivity contribution in [2.75, 3.05) is 18.4 Å². The van der Waals surface area contributed by atoms with Gasteiger partial charge in [0.25, 0.3) is 0 Å². The third-order valence-corrected chi connectivity index (χ3v) is 7.07. The van der Waals surface area contributed by atoms with Gasteiger partial charge >= 0.3 is 0 Å². The molecule has 2 aliphatic heterocycles. The first-order valence-corrected chi connectivity index (χ1v) is 11.6. The van der Waals surface area contributed by atoms with E-state index in [0.29, 0.717) is 19.6 Å². The topological polar surface area (TPSA) is 78.5 Å². The lowest BCUT2D eigenvalue weighted by molar-refractivity contribution is -0.137. The molecule has 0 aliphatic carbocycles. The van der Waals surface area contributed by atoms with E-state index < -0.39 is 5.25 Å². The second-order valence-electron chi connectivity index (χ2n) is 7.45. The van der Waals surface area contributed by atoms with Crippen molar-refractivity contribution >= 4 is 51.1 Å². The molecular weight excluding hydrogens is 466 g/mol. The molecular formula is C22H22BrN3O3S. The Hall–Kier alpha value is -2.32. The number of carbonyl (C=O) groups is 3. The number of thioether (sulfide) groups is 1.